The Morgan fingerprint density at radius 1 is 1.24 bits per heavy atom. The van der Waals surface area contributed by atoms with Crippen LogP contribution in [0, 0.1) is 6.92 Å². The van der Waals surface area contributed by atoms with Gasteiger partial charge in [0, 0.05) is 30.8 Å². The first kappa shape index (κ1) is 17.9. The molecule has 1 aliphatic rings. The van der Waals surface area contributed by atoms with Crippen LogP contribution < -0.4 is 5.32 Å². The second-order valence-electron chi connectivity index (χ2n) is 7.97. The molecular weight excluding hydrogens is 314 g/mol. The summed E-state index contributed by atoms with van der Waals surface area (Å²) < 4.78 is 1.78. The van der Waals surface area contributed by atoms with E-state index in [-0.39, 0.29) is 11.3 Å². The highest BCUT2D eigenvalue weighted by atomic mass is 16.1. The van der Waals surface area contributed by atoms with Crippen molar-refractivity contribution in [3.05, 3.63) is 29.2 Å². The second kappa shape index (κ2) is 7.12. The molecule has 136 valence electrons. The molecule has 1 fully saturated rings. The fourth-order valence-corrected chi connectivity index (χ4v) is 3.24. The molecule has 0 aliphatic carbocycles. The molecule has 0 unspecified atom stereocenters. The number of fused-ring (bicyclic) bond motifs is 1. The molecule has 0 saturated carbocycles. The van der Waals surface area contributed by atoms with E-state index in [0.717, 1.165) is 36.7 Å². The number of aromatic nitrogens is 3. The molecule has 3 heterocycles. The maximum Gasteiger partial charge on any atom is 0.254 e. The Morgan fingerprint density at radius 2 is 1.96 bits per heavy atom. The van der Waals surface area contributed by atoms with Gasteiger partial charge in [0.2, 0.25) is 0 Å². The van der Waals surface area contributed by atoms with Gasteiger partial charge in [-0.15, -0.1) is 0 Å². The van der Waals surface area contributed by atoms with E-state index in [9.17, 15) is 4.79 Å². The van der Waals surface area contributed by atoms with Crippen LogP contribution in [0.3, 0.4) is 0 Å². The predicted octanol–water partition coefficient (Wildman–Crippen LogP) is 2.55. The Morgan fingerprint density at radius 3 is 2.64 bits per heavy atom. The Balaban J connectivity index is 1.69. The highest BCUT2D eigenvalue weighted by Gasteiger charge is 2.20. The van der Waals surface area contributed by atoms with Crippen LogP contribution in [0.4, 0.5) is 0 Å². The molecule has 25 heavy (non-hydrogen) atoms. The lowest BCUT2D eigenvalue weighted by molar-refractivity contribution is 0.0945. The third-order valence-corrected chi connectivity index (χ3v) is 4.90. The molecule has 1 aliphatic heterocycles. The number of likely N-dealkylation sites (tertiary alicyclic amines) is 1. The normalized spacial score (nSPS) is 16.3. The van der Waals surface area contributed by atoms with E-state index in [2.05, 4.69) is 41.1 Å². The molecule has 0 spiro atoms. The average molecular weight is 343 g/mol. The Bertz CT molecular complexity index is 753. The topological polar surface area (TPSA) is 62.5 Å². The van der Waals surface area contributed by atoms with E-state index in [0.29, 0.717) is 12.1 Å². The molecular formula is C19H29N5O. The van der Waals surface area contributed by atoms with Gasteiger partial charge in [-0.05, 0) is 32.9 Å². The number of amides is 1. The molecule has 6 heteroatoms. The van der Waals surface area contributed by atoms with Crippen molar-refractivity contribution in [2.45, 2.75) is 52.4 Å². The van der Waals surface area contributed by atoms with E-state index < -0.39 is 0 Å². The number of nitrogens with one attached hydrogen (secondary N) is 1. The fourth-order valence-electron chi connectivity index (χ4n) is 3.24. The number of hydrogen-bond donors (Lipinski definition) is 1. The summed E-state index contributed by atoms with van der Waals surface area (Å²) in [5, 5.41) is 7.67. The summed E-state index contributed by atoms with van der Waals surface area (Å²) in [6, 6.07) is 1.99. The van der Waals surface area contributed by atoms with E-state index in [1.807, 2.05) is 13.0 Å². The van der Waals surface area contributed by atoms with Crippen molar-refractivity contribution < 1.29 is 4.79 Å². The lowest BCUT2D eigenvalue weighted by Gasteiger charge is -2.26. The minimum atomic E-state index is -0.0725. The molecule has 0 aromatic carbocycles. The van der Waals surface area contributed by atoms with Crippen molar-refractivity contribution >= 4 is 11.6 Å². The third-order valence-electron chi connectivity index (χ3n) is 4.90. The maximum absolute atomic E-state index is 12.5. The number of rotatable bonds is 4. The van der Waals surface area contributed by atoms with Gasteiger partial charge in [-0.1, -0.05) is 27.2 Å². The summed E-state index contributed by atoms with van der Waals surface area (Å²) in [6.07, 6.45) is 5.52. The smallest absolute Gasteiger partial charge is 0.254 e. The van der Waals surface area contributed by atoms with Crippen LogP contribution in [-0.2, 0) is 5.41 Å². The zero-order chi connectivity index (χ0) is 18.0. The summed E-state index contributed by atoms with van der Waals surface area (Å²) in [5.41, 5.74) is 3.14. The number of carbonyl (C=O) groups is 1. The highest BCUT2D eigenvalue weighted by Crippen LogP contribution is 2.22. The lowest BCUT2D eigenvalue weighted by Crippen LogP contribution is -2.38. The number of piperidine rings is 1. The third kappa shape index (κ3) is 4.00. The van der Waals surface area contributed by atoms with Crippen LogP contribution in [0.25, 0.3) is 5.65 Å². The quantitative estimate of drug-likeness (QED) is 0.927. The van der Waals surface area contributed by atoms with Crippen LogP contribution >= 0.6 is 0 Å². The molecule has 2 aromatic rings. The van der Waals surface area contributed by atoms with Crippen LogP contribution in [-0.4, -0.2) is 51.6 Å². The van der Waals surface area contributed by atoms with Crippen molar-refractivity contribution in [2.75, 3.05) is 26.2 Å². The van der Waals surface area contributed by atoms with E-state index in [1.54, 1.807) is 10.7 Å². The van der Waals surface area contributed by atoms with Gasteiger partial charge in [-0.3, -0.25) is 4.79 Å². The highest BCUT2D eigenvalue weighted by molar-refractivity contribution is 5.95. The van der Waals surface area contributed by atoms with Gasteiger partial charge < -0.3 is 10.2 Å². The first-order chi connectivity index (χ1) is 11.9. The zero-order valence-electron chi connectivity index (χ0n) is 15.8. The second-order valence-corrected chi connectivity index (χ2v) is 7.97. The SMILES string of the molecule is Cc1c(C(=O)NCCN2CCCCC2)cnc2cc(C(C)(C)C)nn12. The Hall–Kier alpha value is -1.95. The van der Waals surface area contributed by atoms with Crippen LogP contribution in [0.15, 0.2) is 12.3 Å². The molecule has 1 N–H and O–H groups in total. The molecule has 3 rings (SSSR count). The van der Waals surface area contributed by atoms with Gasteiger partial charge in [-0.25, -0.2) is 9.50 Å². The van der Waals surface area contributed by atoms with E-state index in [1.165, 1.54) is 19.3 Å². The van der Waals surface area contributed by atoms with E-state index in [4.69, 9.17) is 0 Å². The van der Waals surface area contributed by atoms with Crippen molar-refractivity contribution in [2.24, 2.45) is 0 Å². The minimum Gasteiger partial charge on any atom is -0.351 e. The first-order valence-electron chi connectivity index (χ1n) is 9.23. The molecule has 0 atom stereocenters. The maximum atomic E-state index is 12.5. The summed E-state index contributed by atoms with van der Waals surface area (Å²) >= 11 is 0. The van der Waals surface area contributed by atoms with Crippen molar-refractivity contribution in [3.8, 4) is 0 Å². The predicted molar refractivity (Wildman–Crippen MR) is 99.0 cm³/mol. The number of hydrogen-bond acceptors (Lipinski definition) is 4. The van der Waals surface area contributed by atoms with Gasteiger partial charge in [0.05, 0.1) is 17.0 Å². The number of nitrogens with zero attached hydrogens (tertiary/aromatic N) is 4. The lowest BCUT2D eigenvalue weighted by atomic mass is 9.93. The Labute approximate surface area is 149 Å². The van der Waals surface area contributed by atoms with Gasteiger partial charge in [0.15, 0.2) is 5.65 Å². The molecule has 6 nitrogen and oxygen atoms in total. The molecule has 0 bridgehead atoms. The molecule has 2 aromatic heterocycles. The van der Waals surface area contributed by atoms with E-state index >= 15 is 0 Å². The Kier molecular flexibility index (Phi) is 5.08. The van der Waals surface area contributed by atoms with Crippen molar-refractivity contribution in [1.29, 1.82) is 0 Å². The average Bonchev–Trinajstić information content (AvgIpc) is 3.01. The fraction of sp³-hybridized carbons (Fsp3) is 0.632. The standard InChI is InChI=1S/C19H29N5O/c1-14-15(18(25)20-8-11-23-9-6-5-7-10-23)13-21-17-12-16(19(2,3)4)22-24(14)17/h12-13H,5-11H2,1-4H3,(H,20,25). The number of carbonyl (C=O) groups excluding carboxylic acids is 1. The van der Waals surface area contributed by atoms with Crippen molar-refractivity contribution in [3.63, 3.8) is 0 Å². The van der Waals surface area contributed by atoms with Crippen LogP contribution in [0.5, 0.6) is 0 Å². The summed E-state index contributed by atoms with van der Waals surface area (Å²) in [5.74, 6) is -0.0725. The van der Waals surface area contributed by atoms with Gasteiger partial charge >= 0.3 is 0 Å². The zero-order valence-corrected chi connectivity index (χ0v) is 15.8. The van der Waals surface area contributed by atoms with Gasteiger partial charge in [0.1, 0.15) is 0 Å². The van der Waals surface area contributed by atoms with Gasteiger partial charge in [0.25, 0.3) is 5.91 Å². The summed E-state index contributed by atoms with van der Waals surface area (Å²) in [4.78, 5) is 19.4. The first-order valence-corrected chi connectivity index (χ1v) is 9.23. The minimum absolute atomic E-state index is 0.0446. The number of aryl methyl sites for hydroxylation is 1. The van der Waals surface area contributed by atoms with Gasteiger partial charge in [-0.2, -0.15) is 5.10 Å². The van der Waals surface area contributed by atoms with Crippen LogP contribution in [0.1, 0.15) is 61.8 Å². The van der Waals surface area contributed by atoms with Crippen LogP contribution in [0.2, 0.25) is 0 Å². The monoisotopic (exact) mass is 343 g/mol. The summed E-state index contributed by atoms with van der Waals surface area (Å²) in [6.45, 7) is 12.2. The molecule has 1 amide bonds. The molecule has 0 radical (unpaired) electrons. The van der Waals surface area contributed by atoms with Crippen molar-refractivity contribution in [1.82, 2.24) is 24.8 Å². The largest absolute Gasteiger partial charge is 0.351 e. The summed E-state index contributed by atoms with van der Waals surface area (Å²) in [7, 11) is 0. The molecule has 1 saturated heterocycles.